The van der Waals surface area contributed by atoms with Gasteiger partial charge in [0.25, 0.3) is 0 Å². The van der Waals surface area contributed by atoms with Crippen LogP contribution in [0.5, 0.6) is 0 Å². The van der Waals surface area contributed by atoms with E-state index in [-0.39, 0.29) is 36.2 Å². The minimum atomic E-state index is -0.874. The van der Waals surface area contributed by atoms with Crippen LogP contribution in [0.25, 0.3) is 0 Å². The summed E-state index contributed by atoms with van der Waals surface area (Å²) >= 11 is 0. The lowest BCUT2D eigenvalue weighted by Crippen LogP contribution is -2.50. The van der Waals surface area contributed by atoms with Crippen LogP contribution in [-0.4, -0.2) is 80.6 Å². The largest absolute Gasteiger partial charge is 0.477 e. The lowest BCUT2D eigenvalue weighted by Gasteiger charge is -2.31. The molecule has 66 heavy (non-hydrogen) atoms. The molecule has 0 saturated heterocycles. The monoisotopic (exact) mass is 929 g/mol. The van der Waals surface area contributed by atoms with Crippen molar-refractivity contribution < 1.29 is 38.2 Å². The average molecular weight is 929 g/mol. The summed E-state index contributed by atoms with van der Waals surface area (Å²) in [7, 11) is 5.54. The summed E-state index contributed by atoms with van der Waals surface area (Å²) in [6.07, 6.45) is 60.2. The number of carbonyl (C=O) groups excluding carboxylic acids is 2. The molecule has 0 aliphatic heterocycles. The molecule has 0 aromatic rings. The Kier molecular flexibility index (Phi) is 46.7. The van der Waals surface area contributed by atoms with E-state index in [9.17, 15) is 19.5 Å². The molecular formula is C58H106NO7+. The Bertz CT molecular complexity index is 1220. The van der Waals surface area contributed by atoms with Crippen molar-refractivity contribution in [2.24, 2.45) is 0 Å². The maximum absolute atomic E-state index is 12.8. The van der Waals surface area contributed by atoms with Crippen LogP contribution in [0.1, 0.15) is 251 Å². The van der Waals surface area contributed by atoms with Crippen molar-refractivity contribution in [2.45, 2.75) is 264 Å². The van der Waals surface area contributed by atoms with Gasteiger partial charge >= 0.3 is 17.9 Å². The second-order valence-electron chi connectivity index (χ2n) is 19.8. The number of allylic oxidation sites excluding steroid dienone is 8. The molecule has 0 radical (unpaired) electrons. The van der Waals surface area contributed by atoms with Gasteiger partial charge in [0.2, 0.25) is 0 Å². The predicted molar refractivity (Wildman–Crippen MR) is 280 cm³/mol. The minimum absolute atomic E-state index is 0.0520. The van der Waals surface area contributed by atoms with Crippen LogP contribution in [0.3, 0.4) is 0 Å². The van der Waals surface area contributed by atoms with Gasteiger partial charge in [0.1, 0.15) is 6.61 Å². The van der Waals surface area contributed by atoms with Crippen LogP contribution in [0, 0.1) is 0 Å². The highest BCUT2D eigenvalue weighted by molar-refractivity contribution is 5.72. The maximum Gasteiger partial charge on any atom is 0.362 e. The summed E-state index contributed by atoms with van der Waals surface area (Å²) < 4.78 is 17.4. The Hall–Kier alpha value is -2.71. The zero-order valence-corrected chi connectivity index (χ0v) is 43.9. The molecule has 0 aliphatic carbocycles. The number of ether oxygens (including phenoxy) is 3. The van der Waals surface area contributed by atoms with Crippen molar-refractivity contribution in [1.29, 1.82) is 0 Å². The highest BCUT2D eigenvalue weighted by Gasteiger charge is 2.31. The molecule has 0 heterocycles. The number of unbranched alkanes of at least 4 members (excludes halogenated alkanes) is 28. The quantitative estimate of drug-likeness (QED) is 0.0281. The van der Waals surface area contributed by atoms with Crippen molar-refractivity contribution in [3.05, 3.63) is 48.6 Å². The number of hydrogen-bond acceptors (Lipinski definition) is 6. The lowest BCUT2D eigenvalue weighted by atomic mass is 10.0. The summed E-state index contributed by atoms with van der Waals surface area (Å²) in [5.41, 5.74) is 0. The zero-order chi connectivity index (χ0) is 48.4. The molecule has 0 bridgehead atoms. The van der Waals surface area contributed by atoms with Crippen molar-refractivity contribution in [2.75, 3.05) is 41.0 Å². The van der Waals surface area contributed by atoms with E-state index < -0.39 is 18.1 Å². The molecule has 0 amide bonds. The molecule has 0 rings (SSSR count). The predicted octanol–water partition coefficient (Wildman–Crippen LogP) is 16.3. The average Bonchev–Trinajstić information content (AvgIpc) is 3.28. The van der Waals surface area contributed by atoms with E-state index in [4.69, 9.17) is 14.2 Å². The van der Waals surface area contributed by atoms with Gasteiger partial charge in [-0.2, -0.15) is 0 Å². The number of carboxylic acid groups (broad SMARTS) is 1. The number of likely N-dealkylation sites (N-methyl/N-ethyl adjacent to an activating group) is 1. The Morgan fingerprint density at radius 2 is 0.848 bits per heavy atom. The van der Waals surface area contributed by atoms with E-state index in [1.165, 1.54) is 161 Å². The molecule has 0 saturated carbocycles. The van der Waals surface area contributed by atoms with E-state index in [2.05, 4.69) is 62.5 Å². The number of carbonyl (C=O) groups is 3. The number of carboxylic acids is 1. The first-order chi connectivity index (χ1) is 32.1. The van der Waals surface area contributed by atoms with Crippen LogP contribution in [-0.2, 0) is 28.6 Å². The summed E-state index contributed by atoms with van der Waals surface area (Å²) in [6.45, 7) is 4.66. The Labute approximate surface area is 407 Å². The van der Waals surface area contributed by atoms with Crippen molar-refractivity contribution >= 4 is 17.9 Å². The smallest absolute Gasteiger partial charge is 0.362 e. The molecule has 0 spiro atoms. The van der Waals surface area contributed by atoms with E-state index in [1.54, 1.807) is 0 Å². The maximum atomic E-state index is 12.8. The topological polar surface area (TPSA) is 99.1 Å². The molecule has 0 aromatic carbocycles. The fourth-order valence-electron chi connectivity index (χ4n) is 8.22. The normalized spacial score (nSPS) is 13.2. The number of quaternary nitrogens is 1. The van der Waals surface area contributed by atoms with Crippen LogP contribution >= 0.6 is 0 Å². The first-order valence-corrected chi connectivity index (χ1v) is 27.7. The molecule has 0 aliphatic rings. The van der Waals surface area contributed by atoms with E-state index in [1.807, 2.05) is 21.1 Å². The van der Waals surface area contributed by atoms with E-state index in [0.29, 0.717) is 19.3 Å². The lowest BCUT2D eigenvalue weighted by molar-refractivity contribution is -0.887. The van der Waals surface area contributed by atoms with Gasteiger partial charge in [-0.25, -0.2) is 4.79 Å². The molecule has 8 heteroatoms. The summed E-state index contributed by atoms with van der Waals surface area (Å²) in [5.74, 6) is -1.46. The summed E-state index contributed by atoms with van der Waals surface area (Å²) in [6, 6.07) is -0.616. The molecule has 2 unspecified atom stereocenters. The first-order valence-electron chi connectivity index (χ1n) is 27.7. The second kappa shape index (κ2) is 48.7. The minimum Gasteiger partial charge on any atom is -0.477 e. The molecular weight excluding hydrogens is 823 g/mol. The molecule has 2 atom stereocenters. The fourth-order valence-corrected chi connectivity index (χ4v) is 8.22. The second-order valence-corrected chi connectivity index (χ2v) is 19.8. The van der Waals surface area contributed by atoms with Gasteiger partial charge in [-0.3, -0.25) is 9.59 Å². The highest BCUT2D eigenvalue weighted by Crippen LogP contribution is 2.16. The van der Waals surface area contributed by atoms with Gasteiger partial charge in [-0.15, -0.1) is 0 Å². The number of nitrogens with zero attached hydrogens (tertiary/aromatic N) is 1. The van der Waals surface area contributed by atoms with Crippen LogP contribution in [0.15, 0.2) is 48.6 Å². The van der Waals surface area contributed by atoms with Gasteiger partial charge in [0, 0.05) is 19.3 Å². The summed E-state index contributed by atoms with van der Waals surface area (Å²) in [4.78, 5) is 37.2. The van der Waals surface area contributed by atoms with Gasteiger partial charge < -0.3 is 23.8 Å². The number of aliphatic carboxylic acids is 1. The first kappa shape index (κ1) is 63.3. The van der Waals surface area contributed by atoms with Crippen LogP contribution in [0.2, 0.25) is 0 Å². The third-order valence-corrected chi connectivity index (χ3v) is 12.5. The third-order valence-electron chi connectivity index (χ3n) is 12.5. The molecule has 384 valence electrons. The highest BCUT2D eigenvalue weighted by atomic mass is 16.6. The Morgan fingerprint density at radius 3 is 1.27 bits per heavy atom. The van der Waals surface area contributed by atoms with Gasteiger partial charge in [0.15, 0.2) is 12.1 Å². The zero-order valence-electron chi connectivity index (χ0n) is 43.9. The third kappa shape index (κ3) is 46.4. The molecule has 0 fully saturated rings. The molecule has 1 N–H and O–H groups in total. The van der Waals surface area contributed by atoms with E-state index >= 15 is 0 Å². The van der Waals surface area contributed by atoms with Crippen LogP contribution < -0.4 is 0 Å². The SMILES string of the molecule is CC/C=C/C/C=C/C/C=C/CCCCCCCCCCCCCCCC(=O)OC(COCCC(C(=O)O)[N+](C)(C)C)COC(=O)CCCCCCCCC/C=C/CCCCCCCCCC. The number of rotatable bonds is 50. The number of esters is 2. The van der Waals surface area contributed by atoms with Crippen molar-refractivity contribution in [3.8, 4) is 0 Å². The van der Waals surface area contributed by atoms with Crippen LogP contribution in [0.4, 0.5) is 0 Å². The van der Waals surface area contributed by atoms with E-state index in [0.717, 1.165) is 57.8 Å². The summed E-state index contributed by atoms with van der Waals surface area (Å²) in [5, 5.41) is 9.67. The van der Waals surface area contributed by atoms with Crippen molar-refractivity contribution in [1.82, 2.24) is 0 Å². The Balaban J connectivity index is 4.18. The molecule has 8 nitrogen and oxygen atoms in total. The van der Waals surface area contributed by atoms with Gasteiger partial charge in [-0.1, -0.05) is 210 Å². The molecule has 0 aromatic heterocycles. The fraction of sp³-hybridized carbons (Fsp3) is 0.810. The van der Waals surface area contributed by atoms with Gasteiger partial charge in [0.05, 0.1) is 34.4 Å². The Morgan fingerprint density at radius 1 is 0.470 bits per heavy atom. The van der Waals surface area contributed by atoms with Crippen molar-refractivity contribution in [3.63, 3.8) is 0 Å². The van der Waals surface area contributed by atoms with Gasteiger partial charge in [-0.05, 0) is 70.6 Å². The standard InChI is InChI=1S/C58H105NO7/c1-6-8-10-12-14-16-18-20-22-24-26-27-28-29-31-33-35-37-39-41-43-45-47-49-57(61)66-54(52-64-51-50-55(58(62)63)59(3,4)5)53-65-56(60)48-46-44-42-40-38-36-34-32-30-25-23-21-19-17-15-13-11-9-7-2/h8,10,14,16,20,22,25,30,54-55H,6-7,9,11-13,15,17-19,21,23-24,26-29,31-53H2,1-5H3/p+1/b10-8+,16-14+,22-20+,30-25+. The number of hydrogen-bond donors (Lipinski definition) is 1.